The highest BCUT2D eigenvalue weighted by Crippen LogP contribution is 2.29. The average Bonchev–Trinajstić information content (AvgIpc) is 2.60. The van der Waals surface area contributed by atoms with Crippen LogP contribution < -0.4 is 0 Å². The molecule has 0 aromatic rings. The van der Waals surface area contributed by atoms with Crippen molar-refractivity contribution in [3.8, 4) is 0 Å². The van der Waals surface area contributed by atoms with Crippen LogP contribution in [0.25, 0.3) is 0 Å². The van der Waals surface area contributed by atoms with Crippen LogP contribution in [0.3, 0.4) is 0 Å². The fourth-order valence-corrected chi connectivity index (χ4v) is 34.8. The Bertz CT molecular complexity index is 632. The second-order valence-electron chi connectivity index (χ2n) is 12.7. The molecule has 0 saturated heterocycles. The van der Waals surface area contributed by atoms with E-state index in [1.165, 1.54) is 12.8 Å². The van der Waals surface area contributed by atoms with Gasteiger partial charge in [-0.2, -0.15) is 0 Å². The van der Waals surface area contributed by atoms with Crippen LogP contribution in [0.4, 0.5) is 0 Å². The third kappa shape index (κ3) is 18.3. The van der Waals surface area contributed by atoms with Gasteiger partial charge in [-0.05, 0) is 97.1 Å². The van der Waals surface area contributed by atoms with Gasteiger partial charge in [0.2, 0.25) is 0 Å². The Balaban J connectivity index is 4.93. The van der Waals surface area contributed by atoms with Gasteiger partial charge in [-0.15, -0.1) is 0 Å². The van der Waals surface area contributed by atoms with Crippen molar-refractivity contribution in [2.75, 3.05) is 19.8 Å². The summed E-state index contributed by atoms with van der Waals surface area (Å²) in [4.78, 5) is 0. The minimum absolute atomic E-state index is 0.157. The van der Waals surface area contributed by atoms with Crippen LogP contribution >= 0.6 is 0 Å². The molecule has 0 spiro atoms. The van der Waals surface area contributed by atoms with Crippen molar-refractivity contribution in [3.63, 3.8) is 0 Å². The van der Waals surface area contributed by atoms with Crippen molar-refractivity contribution in [1.29, 1.82) is 0 Å². The van der Waals surface area contributed by atoms with Gasteiger partial charge >= 0.3 is 34.2 Å². The molecule has 0 bridgehead atoms. The molecule has 0 saturated carbocycles. The third-order valence-corrected chi connectivity index (χ3v) is 28.5. The molecule has 0 rings (SSSR count). The maximum atomic E-state index is 9.38. The van der Waals surface area contributed by atoms with E-state index in [9.17, 15) is 5.11 Å². The molecule has 36 heavy (non-hydrogen) atoms. The number of hydrogen-bond acceptors (Lipinski definition) is 8. The fraction of sp³-hybridized carbons (Fsp3) is 1.00. The maximum absolute atomic E-state index is 9.38. The molecule has 8 nitrogen and oxygen atoms in total. The van der Waals surface area contributed by atoms with Gasteiger partial charge in [-0.25, -0.2) is 0 Å². The topological polar surface area (TPSA) is 95.8 Å². The zero-order chi connectivity index (χ0) is 28.5. The smallest absolute Gasteiger partial charge is 0.314 e. The average molecular weight is 619 g/mol. The molecule has 1 atom stereocenters. The van der Waals surface area contributed by atoms with Gasteiger partial charge in [0.25, 0.3) is 0 Å². The Hall–Kier alpha value is 0.981. The maximum Gasteiger partial charge on any atom is 0.314 e. The summed E-state index contributed by atoms with van der Waals surface area (Å²) in [6.45, 7) is 28.5. The van der Waals surface area contributed by atoms with Gasteiger partial charge in [0.1, 0.15) is 6.10 Å². The lowest BCUT2D eigenvalue weighted by atomic mass is 10.4. The summed E-state index contributed by atoms with van der Waals surface area (Å²) in [5.41, 5.74) is 0. The first-order valence-corrected chi connectivity index (χ1v) is 30.9. The van der Waals surface area contributed by atoms with Crippen LogP contribution in [0.15, 0.2) is 0 Å². The van der Waals surface area contributed by atoms with Crippen molar-refractivity contribution in [2.24, 2.45) is 0 Å². The molecule has 218 valence electrons. The van der Waals surface area contributed by atoms with Crippen LogP contribution in [0.2, 0.25) is 90.7 Å². The van der Waals surface area contributed by atoms with E-state index < -0.39 is 57.0 Å². The predicted molar refractivity (Wildman–Crippen MR) is 163 cm³/mol. The van der Waals surface area contributed by atoms with Crippen molar-refractivity contribution in [1.82, 2.24) is 0 Å². The van der Waals surface area contributed by atoms with Gasteiger partial charge in [0.15, 0.2) is 16.6 Å². The van der Waals surface area contributed by atoms with Crippen LogP contribution in [0, 0.1) is 0 Å². The molecule has 0 aromatic heterocycles. The minimum atomic E-state index is -2.52. The Morgan fingerprint density at radius 3 is 1.31 bits per heavy atom. The zero-order valence-electron chi connectivity index (χ0n) is 25.6. The van der Waals surface area contributed by atoms with E-state index in [0.717, 1.165) is 18.5 Å². The quantitative estimate of drug-likeness (QED) is 0.130. The molecule has 0 aromatic carbocycles. The Kier molecular flexibility index (Phi) is 15.5. The lowest BCUT2D eigenvalue weighted by Crippen LogP contribution is -2.60. The highest BCUT2D eigenvalue weighted by molar-refractivity contribution is 6.91. The summed E-state index contributed by atoms with van der Waals surface area (Å²) in [7, 11) is -13.5. The van der Waals surface area contributed by atoms with E-state index in [4.69, 9.17) is 30.4 Å². The van der Waals surface area contributed by atoms with Crippen LogP contribution in [0.5, 0.6) is 0 Å². The van der Waals surface area contributed by atoms with E-state index in [0.29, 0.717) is 6.61 Å². The number of ether oxygens (including phenoxy) is 1. The molecule has 0 radical (unpaired) electrons. The summed E-state index contributed by atoms with van der Waals surface area (Å²) >= 11 is 0. The lowest BCUT2D eigenvalue weighted by molar-refractivity contribution is 0.00638. The first-order valence-electron chi connectivity index (χ1n) is 13.4. The number of aliphatic hydroxyl groups is 2. The van der Waals surface area contributed by atoms with Gasteiger partial charge in [0, 0.05) is 6.61 Å². The fourth-order valence-electron chi connectivity index (χ4n) is 4.77. The highest BCUT2D eigenvalue weighted by Gasteiger charge is 2.47. The van der Waals surface area contributed by atoms with Crippen molar-refractivity contribution < 1.29 is 35.5 Å². The Morgan fingerprint density at radius 1 is 0.583 bits per heavy atom. The van der Waals surface area contributed by atoms with Crippen molar-refractivity contribution >= 4 is 50.9 Å². The van der Waals surface area contributed by atoms with Gasteiger partial charge in [-0.3, -0.25) is 0 Å². The molecule has 14 heteroatoms. The molecule has 0 aliphatic carbocycles. The van der Waals surface area contributed by atoms with Crippen LogP contribution in [-0.4, -0.2) is 87.0 Å². The van der Waals surface area contributed by atoms with Crippen LogP contribution in [-0.2, 0) is 25.3 Å². The zero-order valence-corrected chi connectivity index (χ0v) is 31.6. The number of hydrogen-bond donors (Lipinski definition) is 2. The number of aliphatic hydroxyl groups excluding tert-OH is 2. The normalized spacial score (nSPS) is 15.4. The van der Waals surface area contributed by atoms with Crippen LogP contribution in [0.1, 0.15) is 26.2 Å². The highest BCUT2D eigenvalue weighted by atomic mass is 28.5. The predicted octanol–water partition coefficient (Wildman–Crippen LogP) is 5.85. The second kappa shape index (κ2) is 15.1. The molecular weight excluding hydrogens is 561 g/mol. The SMILES string of the molecule is CCCC[Si](C)(C)O[Si](C)(C)O[Si](C)(C)O[Si](C)(C)O[Si](C)(C)O[Si](C)(C)CCCOCC(O)CO. The summed E-state index contributed by atoms with van der Waals surface area (Å²) < 4.78 is 38.7. The van der Waals surface area contributed by atoms with E-state index in [1.54, 1.807) is 0 Å². The van der Waals surface area contributed by atoms with Gasteiger partial charge < -0.3 is 35.5 Å². The Morgan fingerprint density at radius 2 is 0.944 bits per heavy atom. The summed E-state index contributed by atoms with van der Waals surface area (Å²) in [6.07, 6.45) is 2.43. The molecule has 0 amide bonds. The Labute approximate surface area is 228 Å². The monoisotopic (exact) mass is 618 g/mol. The first kappa shape index (κ1) is 37.0. The van der Waals surface area contributed by atoms with Gasteiger partial charge in [0.05, 0.1) is 13.2 Å². The molecule has 1 unspecified atom stereocenters. The molecule has 0 fully saturated rings. The molecular formula is C22H58O8Si6. The number of rotatable bonds is 20. The number of unbranched alkanes of at least 4 members (excludes halogenated alkanes) is 1. The van der Waals surface area contributed by atoms with Crippen molar-refractivity contribution in [2.45, 2.75) is 123 Å². The first-order chi connectivity index (χ1) is 16.1. The molecule has 0 aliphatic rings. The summed E-state index contributed by atoms with van der Waals surface area (Å²) in [5.74, 6) is 0. The molecule has 2 N–H and O–H groups in total. The van der Waals surface area contributed by atoms with E-state index in [2.05, 4.69) is 85.5 Å². The third-order valence-electron chi connectivity index (χ3n) is 5.24. The van der Waals surface area contributed by atoms with Crippen molar-refractivity contribution in [3.05, 3.63) is 0 Å². The molecule has 0 heterocycles. The standard InChI is InChI=1S/C22H58O8Si6/c1-14-15-18-31(2,3)26-33(6,7)28-35(10,11)30-36(12,13)29-34(8,9)27-32(4,5)19-16-17-25-21-22(24)20-23/h22-24H,14-21H2,1-13H3. The van der Waals surface area contributed by atoms with Gasteiger partial charge in [-0.1, -0.05) is 19.8 Å². The van der Waals surface area contributed by atoms with E-state index in [1.807, 2.05) is 0 Å². The van der Waals surface area contributed by atoms with E-state index >= 15 is 0 Å². The second-order valence-corrected chi connectivity index (χ2v) is 36.1. The minimum Gasteiger partial charge on any atom is -0.436 e. The largest absolute Gasteiger partial charge is 0.436 e. The van der Waals surface area contributed by atoms with E-state index in [-0.39, 0.29) is 13.2 Å². The summed E-state index contributed by atoms with van der Waals surface area (Å²) in [6, 6.07) is 2.09. The molecule has 0 aliphatic heterocycles. The summed E-state index contributed by atoms with van der Waals surface area (Å²) in [5, 5.41) is 18.3. The lowest BCUT2D eigenvalue weighted by Gasteiger charge is -2.43.